The van der Waals surface area contributed by atoms with E-state index >= 15 is 0 Å². The van der Waals surface area contributed by atoms with Gasteiger partial charge in [0, 0.05) is 29.7 Å². The molecule has 0 unspecified atom stereocenters. The van der Waals surface area contributed by atoms with Crippen LogP contribution in [0.4, 0.5) is 0 Å². The number of rotatable bonds is 5. The third kappa shape index (κ3) is 3.61. The lowest BCUT2D eigenvalue weighted by Crippen LogP contribution is -2.20. The van der Waals surface area contributed by atoms with E-state index in [1.165, 1.54) is 0 Å². The second kappa shape index (κ2) is 7.03. The highest BCUT2D eigenvalue weighted by Crippen LogP contribution is 2.19. The summed E-state index contributed by atoms with van der Waals surface area (Å²) in [5.74, 6) is 1.18. The van der Waals surface area contributed by atoms with E-state index in [1.54, 1.807) is 11.7 Å². The van der Waals surface area contributed by atoms with Crippen molar-refractivity contribution >= 4 is 5.91 Å². The molecule has 9 nitrogen and oxygen atoms in total. The molecular weight excluding hydrogens is 334 g/mol. The molecule has 3 aromatic rings. The van der Waals surface area contributed by atoms with Crippen molar-refractivity contribution in [2.75, 3.05) is 7.05 Å². The van der Waals surface area contributed by atoms with Crippen LogP contribution in [-0.4, -0.2) is 42.8 Å². The minimum Gasteiger partial charge on any atom is -0.359 e. The van der Waals surface area contributed by atoms with Crippen molar-refractivity contribution in [3.8, 4) is 5.95 Å². The van der Waals surface area contributed by atoms with Crippen LogP contribution in [0, 0.1) is 27.7 Å². The van der Waals surface area contributed by atoms with Crippen molar-refractivity contribution in [3.63, 3.8) is 0 Å². The highest BCUT2D eigenvalue weighted by molar-refractivity contribution is 5.77. The lowest BCUT2D eigenvalue weighted by atomic mass is 10.1. The highest BCUT2D eigenvalue weighted by Gasteiger charge is 2.18. The van der Waals surface area contributed by atoms with E-state index in [1.807, 2.05) is 33.8 Å². The minimum atomic E-state index is -0.163. The van der Waals surface area contributed by atoms with E-state index in [0.717, 1.165) is 28.3 Å². The topological polar surface area (TPSA) is 112 Å². The first-order chi connectivity index (χ1) is 12.4. The molecule has 0 atom stereocenters. The molecular formula is C17H21N7O2. The third-order valence-electron chi connectivity index (χ3n) is 4.04. The third-order valence-corrected chi connectivity index (χ3v) is 4.04. The number of carbonyl (C=O) groups excluding carboxylic acids is 1. The van der Waals surface area contributed by atoms with Crippen molar-refractivity contribution in [1.82, 2.24) is 35.2 Å². The molecule has 26 heavy (non-hydrogen) atoms. The van der Waals surface area contributed by atoms with E-state index in [9.17, 15) is 4.79 Å². The Balaban J connectivity index is 1.88. The van der Waals surface area contributed by atoms with Crippen LogP contribution in [0.15, 0.2) is 10.6 Å². The zero-order valence-electron chi connectivity index (χ0n) is 15.5. The Morgan fingerprint density at radius 2 is 1.85 bits per heavy atom. The van der Waals surface area contributed by atoms with Crippen molar-refractivity contribution in [2.45, 2.75) is 40.5 Å². The zero-order chi connectivity index (χ0) is 18.8. The Hall–Kier alpha value is -3.10. The number of amides is 1. The molecule has 1 amide bonds. The number of aryl methyl sites for hydroxylation is 3. The molecule has 0 saturated heterocycles. The largest absolute Gasteiger partial charge is 0.359 e. The smallest absolute Gasteiger partial charge is 0.251 e. The Kier molecular flexibility index (Phi) is 4.79. The maximum Gasteiger partial charge on any atom is 0.251 e. The molecule has 0 aliphatic carbocycles. The fraction of sp³-hybridized carbons (Fsp3) is 0.412. The summed E-state index contributed by atoms with van der Waals surface area (Å²) in [6, 6.07) is 1.92. The number of hydrogen-bond acceptors (Lipinski definition) is 7. The van der Waals surface area contributed by atoms with E-state index in [0.29, 0.717) is 24.1 Å². The average Bonchev–Trinajstić information content (AvgIpc) is 3.13. The summed E-state index contributed by atoms with van der Waals surface area (Å²) in [6.45, 7) is 7.73. The van der Waals surface area contributed by atoms with Crippen LogP contribution >= 0.6 is 0 Å². The molecule has 0 aliphatic heterocycles. The fourth-order valence-corrected chi connectivity index (χ4v) is 2.74. The molecule has 3 heterocycles. The van der Waals surface area contributed by atoms with Crippen molar-refractivity contribution in [1.29, 1.82) is 0 Å². The summed E-state index contributed by atoms with van der Waals surface area (Å²) in [5, 5.41) is 10.9. The normalized spacial score (nSPS) is 11.0. The van der Waals surface area contributed by atoms with Gasteiger partial charge in [-0.1, -0.05) is 5.16 Å². The molecule has 0 radical (unpaired) electrons. The van der Waals surface area contributed by atoms with Gasteiger partial charge in [-0.05, 0) is 33.8 Å². The first-order valence-corrected chi connectivity index (χ1v) is 8.27. The number of aromatic nitrogens is 6. The number of carbonyl (C=O) groups is 1. The van der Waals surface area contributed by atoms with Crippen LogP contribution in [0.3, 0.4) is 0 Å². The number of nitrogens with zero attached hydrogens (tertiary/aromatic N) is 6. The number of likely N-dealkylation sites (N-methyl/N-ethyl adjacent to an activating group) is 1. The molecule has 0 bridgehead atoms. The molecule has 1 N–H and O–H groups in total. The minimum absolute atomic E-state index is 0.0909. The van der Waals surface area contributed by atoms with Gasteiger partial charge in [0.25, 0.3) is 5.95 Å². The average molecular weight is 355 g/mol. The maximum absolute atomic E-state index is 11.4. The molecule has 0 saturated carbocycles. The monoisotopic (exact) mass is 355 g/mol. The fourth-order valence-electron chi connectivity index (χ4n) is 2.74. The van der Waals surface area contributed by atoms with Crippen LogP contribution < -0.4 is 5.32 Å². The Bertz CT molecular complexity index is 938. The van der Waals surface area contributed by atoms with E-state index in [4.69, 9.17) is 4.52 Å². The molecule has 136 valence electrons. The van der Waals surface area contributed by atoms with Gasteiger partial charge < -0.3 is 9.84 Å². The SMILES string of the molecule is CNC(=O)Cc1noc(Cc2c(C)nn(-c3nc(C)cc(C)n3)c2C)n1. The lowest BCUT2D eigenvalue weighted by Gasteiger charge is -2.05. The molecule has 0 aliphatic rings. The first-order valence-electron chi connectivity index (χ1n) is 8.27. The summed E-state index contributed by atoms with van der Waals surface area (Å²) in [4.78, 5) is 24.6. The van der Waals surface area contributed by atoms with Gasteiger partial charge in [-0.15, -0.1) is 0 Å². The van der Waals surface area contributed by atoms with E-state index < -0.39 is 0 Å². The van der Waals surface area contributed by atoms with Crippen LogP contribution in [0.25, 0.3) is 5.95 Å². The van der Waals surface area contributed by atoms with Gasteiger partial charge in [-0.25, -0.2) is 14.6 Å². The molecule has 3 aromatic heterocycles. The van der Waals surface area contributed by atoms with Gasteiger partial charge in [0.15, 0.2) is 5.82 Å². The zero-order valence-corrected chi connectivity index (χ0v) is 15.5. The van der Waals surface area contributed by atoms with E-state index in [2.05, 4.69) is 30.5 Å². The number of hydrogen-bond donors (Lipinski definition) is 1. The van der Waals surface area contributed by atoms with Crippen LogP contribution in [-0.2, 0) is 17.6 Å². The Labute approximate surface area is 150 Å². The Morgan fingerprint density at radius 1 is 1.15 bits per heavy atom. The van der Waals surface area contributed by atoms with Gasteiger partial charge in [-0.3, -0.25) is 4.79 Å². The van der Waals surface area contributed by atoms with Crippen LogP contribution in [0.5, 0.6) is 0 Å². The molecule has 0 fully saturated rings. The quantitative estimate of drug-likeness (QED) is 0.731. The molecule has 3 rings (SSSR count). The van der Waals surface area contributed by atoms with Crippen LogP contribution in [0.1, 0.15) is 40.1 Å². The van der Waals surface area contributed by atoms with Crippen LogP contribution in [0.2, 0.25) is 0 Å². The summed E-state index contributed by atoms with van der Waals surface area (Å²) in [6.07, 6.45) is 0.525. The highest BCUT2D eigenvalue weighted by atomic mass is 16.5. The second-order valence-corrected chi connectivity index (χ2v) is 6.14. The predicted molar refractivity (Wildman–Crippen MR) is 93.0 cm³/mol. The molecule has 0 spiro atoms. The van der Waals surface area contributed by atoms with Gasteiger partial charge in [-0.2, -0.15) is 10.1 Å². The standard InChI is InChI=1S/C17H21N7O2/c1-9-6-10(2)20-17(19-9)24-12(4)13(11(3)22-24)7-16-21-14(23-26-16)8-15(25)18-5/h6H,7-8H2,1-5H3,(H,18,25). The van der Waals surface area contributed by atoms with E-state index in [-0.39, 0.29) is 12.3 Å². The second-order valence-electron chi connectivity index (χ2n) is 6.14. The molecule has 0 aromatic carbocycles. The van der Waals surface area contributed by atoms with Gasteiger partial charge in [0.05, 0.1) is 18.5 Å². The van der Waals surface area contributed by atoms with Crippen molar-refractivity contribution in [3.05, 3.63) is 46.1 Å². The number of nitrogens with one attached hydrogen (secondary N) is 1. The van der Waals surface area contributed by atoms with Gasteiger partial charge in [0.2, 0.25) is 11.8 Å². The maximum atomic E-state index is 11.4. The van der Waals surface area contributed by atoms with Gasteiger partial charge >= 0.3 is 0 Å². The Morgan fingerprint density at radius 3 is 2.50 bits per heavy atom. The summed E-state index contributed by atoms with van der Waals surface area (Å²) >= 11 is 0. The lowest BCUT2D eigenvalue weighted by molar-refractivity contribution is -0.120. The summed E-state index contributed by atoms with van der Waals surface area (Å²) in [5.41, 5.74) is 4.51. The predicted octanol–water partition coefficient (Wildman–Crippen LogP) is 1.16. The first kappa shape index (κ1) is 17.7. The van der Waals surface area contributed by atoms with Crippen molar-refractivity contribution < 1.29 is 9.32 Å². The van der Waals surface area contributed by atoms with Crippen molar-refractivity contribution in [2.24, 2.45) is 0 Å². The molecule has 9 heteroatoms. The van der Waals surface area contributed by atoms with Gasteiger partial charge in [0.1, 0.15) is 0 Å². The summed E-state index contributed by atoms with van der Waals surface area (Å²) < 4.78 is 7.00. The summed E-state index contributed by atoms with van der Waals surface area (Å²) in [7, 11) is 1.57.